The molecule has 1 saturated heterocycles. The van der Waals surface area contributed by atoms with E-state index in [9.17, 15) is 4.79 Å². The molecule has 1 N–H and O–H groups in total. The van der Waals surface area contributed by atoms with E-state index in [0.717, 1.165) is 18.7 Å². The quantitative estimate of drug-likeness (QED) is 0.536. The maximum atomic E-state index is 12.8. The van der Waals surface area contributed by atoms with Gasteiger partial charge >= 0.3 is 0 Å². The van der Waals surface area contributed by atoms with Gasteiger partial charge in [0.05, 0.1) is 24.8 Å². The second-order valence-corrected chi connectivity index (χ2v) is 7.97. The zero-order valence-corrected chi connectivity index (χ0v) is 18.8. The number of morpholine rings is 1. The zero-order chi connectivity index (χ0) is 23.0. The van der Waals surface area contributed by atoms with Crippen molar-refractivity contribution in [2.45, 2.75) is 12.6 Å². The highest BCUT2D eigenvalue weighted by Crippen LogP contribution is 2.28. The van der Waals surface area contributed by atoms with Crippen LogP contribution in [0.25, 0.3) is 0 Å². The molecule has 1 aromatic heterocycles. The normalized spacial score (nSPS) is 14.9. The molecule has 1 fully saturated rings. The number of amides is 1. The lowest BCUT2D eigenvalue weighted by Gasteiger charge is -2.35. The fraction of sp³-hybridized carbons (Fsp3) is 0.280. The molecule has 170 valence electrons. The number of nitriles is 1. The van der Waals surface area contributed by atoms with Crippen molar-refractivity contribution in [2.75, 3.05) is 32.8 Å². The Balaban J connectivity index is 1.39. The van der Waals surface area contributed by atoms with Crippen LogP contribution in [0, 0.1) is 11.3 Å². The number of furan rings is 1. The minimum Gasteiger partial charge on any atom is -0.484 e. The highest BCUT2D eigenvalue weighted by atomic mass is 35.5. The van der Waals surface area contributed by atoms with Gasteiger partial charge in [0.15, 0.2) is 5.76 Å². The summed E-state index contributed by atoms with van der Waals surface area (Å²) in [7, 11) is 0. The van der Waals surface area contributed by atoms with Crippen LogP contribution in [-0.4, -0.2) is 43.7 Å². The SMILES string of the molecule is N#Cc1ccccc1OCc1ccc(C(=O)NCC(c2ccccc2Cl)N2CCOCC2)o1. The van der Waals surface area contributed by atoms with Gasteiger partial charge in [-0.2, -0.15) is 5.26 Å². The molecule has 1 amide bonds. The molecule has 2 heterocycles. The van der Waals surface area contributed by atoms with E-state index in [0.29, 0.717) is 41.9 Å². The van der Waals surface area contributed by atoms with Crippen LogP contribution in [0.4, 0.5) is 0 Å². The third-order valence-electron chi connectivity index (χ3n) is 5.47. The summed E-state index contributed by atoms with van der Waals surface area (Å²) in [5.74, 6) is 0.838. The largest absolute Gasteiger partial charge is 0.484 e. The monoisotopic (exact) mass is 465 g/mol. The summed E-state index contributed by atoms with van der Waals surface area (Å²) in [6.45, 7) is 3.31. The van der Waals surface area contributed by atoms with Crippen molar-refractivity contribution in [3.63, 3.8) is 0 Å². The average Bonchev–Trinajstić information content (AvgIpc) is 3.34. The first-order valence-corrected chi connectivity index (χ1v) is 11.1. The molecule has 1 aliphatic rings. The second kappa shape index (κ2) is 11.0. The molecule has 0 aliphatic carbocycles. The Bertz CT molecular complexity index is 1130. The lowest BCUT2D eigenvalue weighted by atomic mass is 10.0. The maximum absolute atomic E-state index is 12.8. The first-order chi connectivity index (χ1) is 16.2. The van der Waals surface area contributed by atoms with Crippen molar-refractivity contribution in [1.82, 2.24) is 10.2 Å². The summed E-state index contributed by atoms with van der Waals surface area (Å²) in [4.78, 5) is 15.0. The van der Waals surface area contributed by atoms with Crippen molar-refractivity contribution >= 4 is 17.5 Å². The smallest absolute Gasteiger partial charge is 0.287 e. The number of carbonyl (C=O) groups excluding carboxylic acids is 1. The molecule has 3 aromatic rings. The zero-order valence-electron chi connectivity index (χ0n) is 18.0. The number of nitrogens with zero attached hydrogens (tertiary/aromatic N) is 2. The van der Waals surface area contributed by atoms with E-state index in [4.69, 9.17) is 30.8 Å². The Morgan fingerprint density at radius 2 is 1.88 bits per heavy atom. The number of halogens is 1. The second-order valence-electron chi connectivity index (χ2n) is 7.56. The molecule has 1 unspecified atom stereocenters. The van der Waals surface area contributed by atoms with Crippen molar-refractivity contribution in [3.8, 4) is 11.8 Å². The summed E-state index contributed by atoms with van der Waals surface area (Å²) in [5.41, 5.74) is 1.40. The van der Waals surface area contributed by atoms with Gasteiger partial charge in [0.2, 0.25) is 0 Å². The molecular formula is C25H24ClN3O4. The number of hydrogen-bond acceptors (Lipinski definition) is 6. The Hall–Kier alpha value is -3.31. The van der Waals surface area contributed by atoms with Crippen LogP contribution in [0.1, 0.15) is 33.5 Å². The number of hydrogen-bond donors (Lipinski definition) is 1. The summed E-state index contributed by atoms with van der Waals surface area (Å²) >= 11 is 6.46. The van der Waals surface area contributed by atoms with E-state index in [1.165, 1.54) is 0 Å². The predicted octanol–water partition coefficient (Wildman–Crippen LogP) is 4.19. The third-order valence-corrected chi connectivity index (χ3v) is 5.81. The number of nitrogens with one attached hydrogen (secondary N) is 1. The minimum atomic E-state index is -0.316. The summed E-state index contributed by atoms with van der Waals surface area (Å²) < 4.78 is 16.8. The van der Waals surface area contributed by atoms with Gasteiger partial charge in [-0.15, -0.1) is 0 Å². The van der Waals surface area contributed by atoms with Crippen molar-refractivity contribution in [3.05, 3.63) is 88.3 Å². The summed E-state index contributed by atoms with van der Waals surface area (Å²) in [5, 5.41) is 12.8. The Kier molecular flexibility index (Phi) is 7.63. The molecular weight excluding hydrogens is 442 g/mol. The molecule has 0 spiro atoms. The van der Waals surface area contributed by atoms with Crippen molar-refractivity contribution in [1.29, 1.82) is 5.26 Å². The molecule has 1 aliphatic heterocycles. The van der Waals surface area contributed by atoms with Gasteiger partial charge < -0.3 is 19.2 Å². The van der Waals surface area contributed by atoms with Crippen LogP contribution in [0.2, 0.25) is 5.02 Å². The first-order valence-electron chi connectivity index (χ1n) is 10.7. The highest BCUT2D eigenvalue weighted by Gasteiger charge is 2.25. The predicted molar refractivity (Wildman–Crippen MR) is 123 cm³/mol. The molecule has 2 aromatic carbocycles. The van der Waals surface area contributed by atoms with Gasteiger partial charge in [0.25, 0.3) is 5.91 Å². The van der Waals surface area contributed by atoms with Crippen molar-refractivity contribution in [2.24, 2.45) is 0 Å². The molecule has 0 saturated carbocycles. The van der Waals surface area contributed by atoms with Gasteiger partial charge in [0.1, 0.15) is 24.2 Å². The standard InChI is InChI=1S/C25H24ClN3O4/c26-21-7-3-2-6-20(21)22(29-11-13-31-14-12-29)16-28-25(30)24-10-9-19(33-24)17-32-23-8-4-1-5-18(23)15-27/h1-10,22H,11-14,16-17H2,(H,28,30). The molecule has 33 heavy (non-hydrogen) atoms. The van der Waals surface area contributed by atoms with Crippen LogP contribution in [-0.2, 0) is 11.3 Å². The topological polar surface area (TPSA) is 87.7 Å². The molecule has 0 bridgehead atoms. The number of rotatable bonds is 8. The first kappa shape index (κ1) is 22.9. The van der Waals surface area contributed by atoms with Crippen LogP contribution in [0.5, 0.6) is 5.75 Å². The Labute approximate surface area is 197 Å². The molecule has 8 heteroatoms. The van der Waals surface area contributed by atoms with E-state index in [1.54, 1.807) is 36.4 Å². The van der Waals surface area contributed by atoms with E-state index in [1.807, 2.05) is 24.3 Å². The molecule has 7 nitrogen and oxygen atoms in total. The molecule has 0 radical (unpaired) electrons. The Morgan fingerprint density at radius 3 is 2.67 bits per heavy atom. The molecule has 4 rings (SSSR count). The number of carbonyl (C=O) groups is 1. The van der Waals surface area contributed by atoms with Crippen LogP contribution in [0.15, 0.2) is 65.1 Å². The highest BCUT2D eigenvalue weighted by molar-refractivity contribution is 6.31. The van der Waals surface area contributed by atoms with Gasteiger partial charge in [0, 0.05) is 24.7 Å². The number of para-hydroxylation sites is 1. The maximum Gasteiger partial charge on any atom is 0.287 e. The van der Waals surface area contributed by atoms with E-state index >= 15 is 0 Å². The van der Waals surface area contributed by atoms with Gasteiger partial charge in [-0.3, -0.25) is 9.69 Å². The number of ether oxygens (including phenoxy) is 2. The number of benzene rings is 2. The van der Waals surface area contributed by atoms with Crippen LogP contribution in [0.3, 0.4) is 0 Å². The fourth-order valence-electron chi connectivity index (χ4n) is 3.76. The summed E-state index contributed by atoms with van der Waals surface area (Å²) in [6, 6.07) is 20.0. The third kappa shape index (κ3) is 5.74. The van der Waals surface area contributed by atoms with Crippen LogP contribution < -0.4 is 10.1 Å². The van der Waals surface area contributed by atoms with Crippen LogP contribution >= 0.6 is 11.6 Å². The summed E-state index contributed by atoms with van der Waals surface area (Å²) in [6.07, 6.45) is 0. The Morgan fingerprint density at radius 1 is 1.12 bits per heavy atom. The lowest BCUT2D eigenvalue weighted by molar-refractivity contribution is 0.0161. The van der Waals surface area contributed by atoms with E-state index < -0.39 is 0 Å². The van der Waals surface area contributed by atoms with Gasteiger partial charge in [-0.05, 0) is 35.9 Å². The fourth-order valence-corrected chi connectivity index (χ4v) is 4.02. The van der Waals surface area contributed by atoms with Gasteiger partial charge in [-0.25, -0.2) is 0 Å². The molecule has 1 atom stereocenters. The minimum absolute atomic E-state index is 0.0770. The average molecular weight is 466 g/mol. The van der Waals surface area contributed by atoms with E-state index in [-0.39, 0.29) is 24.3 Å². The lowest BCUT2D eigenvalue weighted by Crippen LogP contribution is -2.43. The van der Waals surface area contributed by atoms with Gasteiger partial charge in [-0.1, -0.05) is 41.9 Å². The van der Waals surface area contributed by atoms with Crippen molar-refractivity contribution < 1.29 is 18.7 Å². The van der Waals surface area contributed by atoms with E-state index in [2.05, 4.69) is 16.3 Å².